The highest BCUT2D eigenvalue weighted by molar-refractivity contribution is 5.71. The summed E-state index contributed by atoms with van der Waals surface area (Å²) < 4.78 is 91.2. The second-order valence-corrected chi connectivity index (χ2v) is 9.05. The van der Waals surface area contributed by atoms with Crippen LogP contribution in [0.15, 0.2) is 0 Å². The summed E-state index contributed by atoms with van der Waals surface area (Å²) in [6.45, 7) is -0.205. The lowest BCUT2D eigenvalue weighted by Crippen LogP contribution is -2.59. The molecule has 11 heteroatoms. The molecule has 0 unspecified atom stereocenters. The fraction of sp³-hybridized carbons (Fsp3) is 0.241. The summed E-state index contributed by atoms with van der Waals surface area (Å²) in [5.41, 5.74) is -1.49. The largest absolute Gasteiger partial charge is 0.413 e. The molecule has 6 nitrogen and oxygen atoms in total. The molecule has 15 radical (unpaired) electrons. The van der Waals surface area contributed by atoms with Gasteiger partial charge in [0.1, 0.15) is 5.54 Å². The Bertz CT molecular complexity index is 894. The van der Waals surface area contributed by atoms with Crippen LogP contribution in [0.3, 0.4) is 0 Å². The van der Waals surface area contributed by atoms with Gasteiger partial charge >= 0.3 is 6.09 Å². The first-order valence-corrected chi connectivity index (χ1v) is 12.1. The monoisotopic (exact) mass is 562 g/mol. The first kappa shape index (κ1) is 31.0. The van der Waals surface area contributed by atoms with Crippen LogP contribution in [0.5, 0.6) is 5.75 Å². The molecule has 1 aromatic rings. The van der Waals surface area contributed by atoms with Crippen LogP contribution < -0.4 is 10.1 Å². The molecule has 0 bridgehead atoms. The van der Waals surface area contributed by atoms with Gasteiger partial charge in [-0.1, -0.05) is 0 Å². The summed E-state index contributed by atoms with van der Waals surface area (Å²) in [7, 11) is 0. The Labute approximate surface area is 232 Å². The Morgan fingerprint density at radius 2 is 0.900 bits per heavy atom. The summed E-state index contributed by atoms with van der Waals surface area (Å²) in [5.74, 6) is -10.7. The van der Waals surface area contributed by atoms with Crippen molar-refractivity contribution in [3.63, 3.8) is 0 Å². The predicted molar refractivity (Wildman–Crippen MR) is 132 cm³/mol. The van der Waals surface area contributed by atoms with E-state index in [1.165, 1.54) is 0 Å². The fourth-order valence-electron chi connectivity index (χ4n) is 3.87. The Kier molecular flexibility index (Phi) is 11.4. The summed E-state index contributed by atoms with van der Waals surface area (Å²) >= 11 is 0. The standard InChI is InChI=1S/C29H25F5NO5/c30-22-23(31)25(33)27(26(34)24(22)32)40-28(36)35-29(16-37-13-19-7-1-2-8-19,17-38-14-20-9-3-4-10-20)18-39-15-21-11-5-6-12-21/h1-12H,13-18H2,(H,35,36). The molecule has 3 aliphatic rings. The zero-order valence-corrected chi connectivity index (χ0v) is 21.1. The first-order valence-electron chi connectivity index (χ1n) is 12.1. The molecule has 3 aliphatic carbocycles. The van der Waals surface area contributed by atoms with E-state index in [2.05, 4.69) is 10.1 Å². The third-order valence-electron chi connectivity index (χ3n) is 5.87. The number of rotatable bonds is 14. The lowest BCUT2D eigenvalue weighted by molar-refractivity contribution is -0.0295. The number of carbonyl (C=O) groups excluding carboxylic acids is 1. The zero-order valence-electron chi connectivity index (χ0n) is 21.1. The van der Waals surface area contributed by atoms with Crippen LogP contribution in [0.1, 0.15) is 0 Å². The van der Waals surface area contributed by atoms with Crippen molar-refractivity contribution in [1.29, 1.82) is 0 Å². The minimum absolute atomic E-state index is 0.148. The summed E-state index contributed by atoms with van der Waals surface area (Å²) in [5, 5.41) is 2.42. The van der Waals surface area contributed by atoms with Crippen molar-refractivity contribution in [3.8, 4) is 5.75 Å². The highest BCUT2D eigenvalue weighted by Crippen LogP contribution is 2.30. The SMILES string of the molecule is O=C(NC(COC[C]1[CH][CH][CH][CH]1)(COC[C]1[CH][CH][CH][CH]1)COC[C]1[CH][CH][CH][CH]1)Oc1c(F)c(F)c(F)c(F)c1F. The van der Waals surface area contributed by atoms with Gasteiger partial charge in [0.05, 0.1) is 39.6 Å². The molecule has 3 fully saturated rings. The number of hydrogen-bond acceptors (Lipinski definition) is 5. The highest BCUT2D eigenvalue weighted by atomic mass is 19.2. The number of ether oxygens (including phenoxy) is 4. The van der Waals surface area contributed by atoms with Crippen molar-refractivity contribution in [3.05, 3.63) is 124 Å². The Morgan fingerprint density at radius 1 is 0.575 bits per heavy atom. The average Bonchev–Trinajstić information content (AvgIpc) is 3.74. The molecule has 40 heavy (non-hydrogen) atoms. The van der Waals surface area contributed by atoms with Crippen LogP contribution in [-0.4, -0.2) is 51.3 Å². The van der Waals surface area contributed by atoms with Gasteiger partial charge in [0.25, 0.3) is 0 Å². The zero-order chi connectivity index (χ0) is 28.5. The number of hydrogen-bond donors (Lipinski definition) is 1. The Morgan fingerprint density at radius 3 is 1.25 bits per heavy atom. The molecule has 0 saturated heterocycles. The van der Waals surface area contributed by atoms with Gasteiger partial charge in [-0.3, -0.25) is 0 Å². The van der Waals surface area contributed by atoms with E-state index in [1.54, 1.807) is 0 Å². The van der Waals surface area contributed by atoms with Crippen molar-refractivity contribution in [1.82, 2.24) is 5.32 Å². The number of nitrogens with one attached hydrogen (secondary N) is 1. The van der Waals surface area contributed by atoms with E-state index >= 15 is 0 Å². The summed E-state index contributed by atoms with van der Waals surface area (Å²) in [4.78, 5) is 12.8. The number of halogens is 5. The maximum Gasteiger partial charge on any atom is 0.413 e. The first-order chi connectivity index (χ1) is 19.3. The lowest BCUT2D eigenvalue weighted by Gasteiger charge is -2.34. The topological polar surface area (TPSA) is 66.0 Å². The highest BCUT2D eigenvalue weighted by Gasteiger charge is 2.37. The van der Waals surface area contributed by atoms with Crippen molar-refractivity contribution in [2.45, 2.75) is 5.54 Å². The molecule has 0 aromatic heterocycles. The quantitative estimate of drug-likeness (QED) is 0.206. The number of amides is 1. The molecular formula is C29H25F5NO5. The van der Waals surface area contributed by atoms with Gasteiger partial charge in [-0.05, 0) is 77.0 Å². The Balaban J connectivity index is 1.49. The molecule has 1 aromatic carbocycles. The molecule has 4 rings (SSSR count). The molecule has 1 N–H and O–H groups in total. The number of benzene rings is 1. The van der Waals surface area contributed by atoms with E-state index in [0.717, 1.165) is 17.8 Å². The van der Waals surface area contributed by atoms with Crippen LogP contribution in [-0.2, 0) is 14.2 Å². The normalized spacial score (nSPS) is 19.1. The van der Waals surface area contributed by atoms with Crippen molar-refractivity contribution in [2.75, 3.05) is 39.6 Å². The molecular weight excluding hydrogens is 537 g/mol. The predicted octanol–water partition coefficient (Wildman–Crippen LogP) is 4.47. The number of carbonyl (C=O) groups is 1. The summed E-state index contributed by atoms with van der Waals surface area (Å²) in [6, 6.07) is 0. The van der Waals surface area contributed by atoms with Gasteiger partial charge in [0.15, 0.2) is 0 Å². The van der Waals surface area contributed by atoms with Gasteiger partial charge in [-0.15, -0.1) is 0 Å². The van der Waals surface area contributed by atoms with Gasteiger partial charge in [0.2, 0.25) is 34.8 Å². The van der Waals surface area contributed by atoms with E-state index < -0.39 is 46.5 Å². The third-order valence-corrected chi connectivity index (χ3v) is 5.87. The van der Waals surface area contributed by atoms with Crippen LogP contribution in [0.4, 0.5) is 26.7 Å². The van der Waals surface area contributed by atoms with Gasteiger partial charge in [-0.25, -0.2) is 18.0 Å². The molecule has 0 aliphatic heterocycles. The molecule has 0 atom stereocenters. The van der Waals surface area contributed by atoms with Gasteiger partial charge < -0.3 is 24.3 Å². The fourth-order valence-corrected chi connectivity index (χ4v) is 3.87. The van der Waals surface area contributed by atoms with Crippen LogP contribution in [0, 0.1) is 124 Å². The second kappa shape index (κ2) is 14.8. The van der Waals surface area contributed by atoms with E-state index in [0.29, 0.717) is 0 Å². The van der Waals surface area contributed by atoms with E-state index in [1.807, 2.05) is 77.0 Å². The minimum Gasteiger partial charge on any atom is -0.404 e. The average molecular weight is 563 g/mol. The molecule has 0 heterocycles. The van der Waals surface area contributed by atoms with Crippen molar-refractivity contribution in [2.24, 2.45) is 0 Å². The van der Waals surface area contributed by atoms with Crippen molar-refractivity contribution >= 4 is 6.09 Å². The molecule has 211 valence electrons. The maximum atomic E-state index is 14.2. The van der Waals surface area contributed by atoms with Crippen LogP contribution >= 0.6 is 0 Å². The van der Waals surface area contributed by atoms with Crippen LogP contribution in [0.2, 0.25) is 0 Å². The van der Waals surface area contributed by atoms with E-state index in [-0.39, 0.29) is 39.6 Å². The lowest BCUT2D eigenvalue weighted by atomic mass is 10.0. The molecule has 3 saturated carbocycles. The smallest absolute Gasteiger partial charge is 0.404 e. The van der Waals surface area contributed by atoms with Gasteiger partial charge in [0, 0.05) is 17.8 Å². The van der Waals surface area contributed by atoms with Crippen LogP contribution in [0.25, 0.3) is 0 Å². The molecule has 1 amide bonds. The Hall–Kier alpha value is -1.98. The third kappa shape index (κ3) is 8.28. The van der Waals surface area contributed by atoms with Crippen molar-refractivity contribution < 1.29 is 45.7 Å². The minimum atomic E-state index is -2.38. The second-order valence-electron chi connectivity index (χ2n) is 9.05. The van der Waals surface area contributed by atoms with Gasteiger partial charge in [-0.2, -0.15) is 8.78 Å². The maximum absolute atomic E-state index is 14.2. The van der Waals surface area contributed by atoms with E-state index in [4.69, 9.17) is 14.2 Å². The van der Waals surface area contributed by atoms with E-state index in [9.17, 15) is 26.7 Å². The molecule has 0 spiro atoms. The summed E-state index contributed by atoms with van der Waals surface area (Å²) in [6.07, 6.45) is 20.3.